The van der Waals surface area contributed by atoms with Crippen LogP contribution in [-0.4, -0.2) is 23.7 Å². The van der Waals surface area contributed by atoms with Gasteiger partial charge in [0.05, 0.1) is 6.04 Å². The molecule has 0 heterocycles. The molecule has 0 aliphatic rings. The van der Waals surface area contributed by atoms with Crippen LogP contribution in [0.1, 0.15) is 6.92 Å². The van der Waals surface area contributed by atoms with E-state index in [4.69, 9.17) is 0 Å². The lowest BCUT2D eigenvalue weighted by Gasteiger charge is -2.10. The van der Waals surface area contributed by atoms with E-state index in [9.17, 15) is 14.0 Å². The minimum absolute atomic E-state index is 0.215. The Kier molecular flexibility index (Phi) is 4.98. The average Bonchev–Trinajstić information content (AvgIpc) is 2.30. The van der Waals surface area contributed by atoms with Crippen molar-refractivity contribution in [1.82, 2.24) is 5.32 Å². The molecule has 1 rings (SSSR count). The third kappa shape index (κ3) is 4.02. The zero-order valence-corrected chi connectivity index (χ0v) is 9.59. The van der Waals surface area contributed by atoms with Crippen LogP contribution in [0.4, 0.5) is 4.39 Å². The van der Waals surface area contributed by atoms with Gasteiger partial charge in [-0.2, -0.15) is 0 Å². The Bertz CT molecular complexity index is 370. The topological polar surface area (TPSA) is 46.2 Å². The van der Waals surface area contributed by atoms with Gasteiger partial charge in [0.1, 0.15) is 0 Å². The summed E-state index contributed by atoms with van der Waals surface area (Å²) in [5.74, 6) is -0.769. The summed E-state index contributed by atoms with van der Waals surface area (Å²) in [6.45, 7) is 0.430. The van der Waals surface area contributed by atoms with Crippen molar-refractivity contribution in [3.63, 3.8) is 0 Å². The minimum Gasteiger partial charge on any atom is -0.343 e. The van der Waals surface area contributed by atoms with Gasteiger partial charge in [0.2, 0.25) is 5.12 Å². The molecule has 1 aromatic rings. The van der Waals surface area contributed by atoms with Gasteiger partial charge in [-0.1, -0.05) is 18.2 Å². The quantitative estimate of drug-likeness (QED) is 0.817. The van der Waals surface area contributed by atoms with E-state index in [0.717, 1.165) is 16.7 Å². The van der Waals surface area contributed by atoms with Crippen LogP contribution in [-0.2, 0) is 9.59 Å². The molecule has 0 aliphatic heterocycles. The van der Waals surface area contributed by atoms with E-state index in [0.29, 0.717) is 0 Å². The molecule has 16 heavy (non-hydrogen) atoms. The van der Waals surface area contributed by atoms with Crippen molar-refractivity contribution in [2.45, 2.75) is 17.9 Å². The van der Waals surface area contributed by atoms with Gasteiger partial charge in [-0.3, -0.25) is 9.59 Å². The summed E-state index contributed by atoms with van der Waals surface area (Å²) in [5.41, 5.74) is 0. The van der Waals surface area contributed by atoms with Crippen LogP contribution >= 0.6 is 11.8 Å². The molecular weight excluding hydrogens is 229 g/mol. The smallest absolute Gasteiger partial charge is 0.252 e. The number of rotatable bonds is 4. The lowest BCUT2D eigenvalue weighted by Crippen LogP contribution is -2.38. The molecule has 0 fully saturated rings. The summed E-state index contributed by atoms with van der Waals surface area (Å²) in [5, 5.41) is 2.05. The normalized spacial score (nSPS) is 11.9. The second kappa shape index (κ2) is 6.27. The maximum absolute atomic E-state index is 11.9. The molecule has 1 aromatic carbocycles. The molecule has 5 heteroatoms. The van der Waals surface area contributed by atoms with Crippen LogP contribution in [0.3, 0.4) is 0 Å². The first-order valence-electron chi connectivity index (χ1n) is 4.75. The van der Waals surface area contributed by atoms with E-state index in [2.05, 4.69) is 5.32 Å². The summed E-state index contributed by atoms with van der Waals surface area (Å²) in [7, 11) is 0. The number of alkyl halides is 1. The molecule has 0 bridgehead atoms. The van der Waals surface area contributed by atoms with Crippen LogP contribution in [0.15, 0.2) is 35.2 Å². The summed E-state index contributed by atoms with van der Waals surface area (Å²) in [6.07, 6.45) is 0. The summed E-state index contributed by atoms with van der Waals surface area (Å²) in [6, 6.07) is 8.40. The van der Waals surface area contributed by atoms with E-state index in [-0.39, 0.29) is 5.12 Å². The molecule has 0 radical (unpaired) electrons. The van der Waals surface area contributed by atoms with Crippen LogP contribution in [0.2, 0.25) is 0 Å². The maximum Gasteiger partial charge on any atom is 0.252 e. The number of nitrogens with one attached hydrogen (secondary N) is 1. The number of benzene rings is 1. The Balaban J connectivity index is 2.49. The van der Waals surface area contributed by atoms with Crippen molar-refractivity contribution < 1.29 is 14.0 Å². The highest BCUT2D eigenvalue weighted by atomic mass is 32.2. The molecule has 0 aromatic heterocycles. The fourth-order valence-corrected chi connectivity index (χ4v) is 1.79. The van der Waals surface area contributed by atoms with Crippen LogP contribution in [0, 0.1) is 0 Å². The number of carbonyl (C=O) groups excluding carboxylic acids is 2. The Morgan fingerprint density at radius 2 is 2.00 bits per heavy atom. The van der Waals surface area contributed by atoms with Gasteiger partial charge in [0.25, 0.3) is 5.91 Å². The number of hydrogen-bond acceptors (Lipinski definition) is 3. The van der Waals surface area contributed by atoms with Crippen molar-refractivity contribution in [3.05, 3.63) is 30.3 Å². The van der Waals surface area contributed by atoms with Gasteiger partial charge in [-0.15, -0.1) is 0 Å². The van der Waals surface area contributed by atoms with Crippen molar-refractivity contribution in [1.29, 1.82) is 0 Å². The molecule has 86 valence electrons. The highest BCUT2D eigenvalue weighted by molar-refractivity contribution is 8.13. The van der Waals surface area contributed by atoms with E-state index in [1.54, 1.807) is 12.1 Å². The molecule has 0 saturated heterocycles. The standard InChI is InChI=1S/C11H12FNO2S/c1-8(13-10(14)7-12)11(15)16-9-5-3-2-4-6-9/h2-6,8H,7H2,1H3,(H,13,14). The fraction of sp³-hybridized carbons (Fsp3) is 0.273. The van der Waals surface area contributed by atoms with Gasteiger partial charge >= 0.3 is 0 Å². The number of halogens is 1. The summed E-state index contributed by atoms with van der Waals surface area (Å²) >= 11 is 1.03. The molecular formula is C11H12FNO2S. The Labute approximate surface area is 97.4 Å². The minimum atomic E-state index is -1.10. The van der Waals surface area contributed by atoms with Crippen molar-refractivity contribution in [2.24, 2.45) is 0 Å². The van der Waals surface area contributed by atoms with Gasteiger partial charge < -0.3 is 5.32 Å². The molecule has 1 atom stereocenters. The molecule has 0 spiro atoms. The molecule has 1 unspecified atom stereocenters. The summed E-state index contributed by atoms with van der Waals surface area (Å²) in [4.78, 5) is 23.1. The second-order valence-electron chi connectivity index (χ2n) is 3.16. The average molecular weight is 241 g/mol. The molecule has 1 amide bonds. The van der Waals surface area contributed by atoms with Gasteiger partial charge in [0, 0.05) is 4.90 Å². The molecule has 1 N–H and O–H groups in total. The number of thioether (sulfide) groups is 1. The lowest BCUT2D eigenvalue weighted by molar-refractivity contribution is -0.125. The maximum atomic E-state index is 11.9. The van der Waals surface area contributed by atoms with E-state index in [1.165, 1.54) is 6.92 Å². The number of amides is 1. The van der Waals surface area contributed by atoms with E-state index < -0.39 is 18.6 Å². The number of carbonyl (C=O) groups is 2. The van der Waals surface area contributed by atoms with Gasteiger partial charge in [0.15, 0.2) is 6.67 Å². The SMILES string of the molecule is CC(NC(=O)CF)C(=O)Sc1ccccc1. The predicted octanol–water partition coefficient (Wildman–Crippen LogP) is 1.78. The van der Waals surface area contributed by atoms with Gasteiger partial charge in [-0.25, -0.2) is 4.39 Å². The first-order chi connectivity index (χ1) is 7.63. The van der Waals surface area contributed by atoms with E-state index in [1.807, 2.05) is 18.2 Å². The predicted molar refractivity (Wildman–Crippen MR) is 60.9 cm³/mol. The molecule has 0 saturated carbocycles. The zero-order valence-electron chi connectivity index (χ0n) is 8.77. The van der Waals surface area contributed by atoms with Crippen LogP contribution in [0.5, 0.6) is 0 Å². The highest BCUT2D eigenvalue weighted by Gasteiger charge is 2.16. The van der Waals surface area contributed by atoms with Crippen molar-refractivity contribution in [3.8, 4) is 0 Å². The second-order valence-corrected chi connectivity index (χ2v) is 4.23. The van der Waals surface area contributed by atoms with Crippen LogP contribution in [0.25, 0.3) is 0 Å². The number of hydrogen-bond donors (Lipinski definition) is 1. The van der Waals surface area contributed by atoms with Crippen molar-refractivity contribution in [2.75, 3.05) is 6.67 Å². The molecule has 0 aliphatic carbocycles. The van der Waals surface area contributed by atoms with Crippen LogP contribution < -0.4 is 5.32 Å². The highest BCUT2D eigenvalue weighted by Crippen LogP contribution is 2.19. The van der Waals surface area contributed by atoms with E-state index >= 15 is 0 Å². The largest absolute Gasteiger partial charge is 0.343 e. The zero-order chi connectivity index (χ0) is 12.0. The Morgan fingerprint density at radius 3 is 2.56 bits per heavy atom. The monoisotopic (exact) mass is 241 g/mol. The van der Waals surface area contributed by atoms with Crippen molar-refractivity contribution >= 4 is 22.8 Å². The first-order valence-corrected chi connectivity index (χ1v) is 5.57. The first kappa shape index (κ1) is 12.7. The molecule has 3 nitrogen and oxygen atoms in total. The Morgan fingerprint density at radius 1 is 1.38 bits per heavy atom. The van der Waals surface area contributed by atoms with Gasteiger partial charge in [-0.05, 0) is 30.8 Å². The lowest BCUT2D eigenvalue weighted by atomic mass is 10.4. The third-order valence-corrected chi connectivity index (χ3v) is 2.88. The fourth-order valence-electron chi connectivity index (χ4n) is 1.03. The third-order valence-electron chi connectivity index (χ3n) is 1.81. The summed E-state index contributed by atoms with van der Waals surface area (Å²) < 4.78 is 11.9. The Hall–Kier alpha value is -1.36.